The van der Waals surface area contributed by atoms with Crippen LogP contribution in [-0.2, 0) is 5.54 Å². The fourth-order valence-electron chi connectivity index (χ4n) is 1.99. The molecule has 3 heteroatoms. The van der Waals surface area contributed by atoms with Gasteiger partial charge in [0.1, 0.15) is 0 Å². The summed E-state index contributed by atoms with van der Waals surface area (Å²) in [6, 6.07) is 17.1. The van der Waals surface area contributed by atoms with Gasteiger partial charge < -0.3 is 11.5 Å². The van der Waals surface area contributed by atoms with Crippen LogP contribution in [-0.4, -0.2) is 0 Å². The van der Waals surface area contributed by atoms with E-state index in [0.717, 1.165) is 11.1 Å². The Labute approximate surface area is 113 Å². The predicted molar refractivity (Wildman–Crippen MR) is 76.4 cm³/mol. The molecule has 0 saturated carbocycles. The van der Waals surface area contributed by atoms with Crippen molar-refractivity contribution in [2.45, 2.75) is 18.5 Å². The molecule has 2 aromatic rings. The minimum absolute atomic E-state index is 0.280. The van der Waals surface area contributed by atoms with Crippen LogP contribution in [0.1, 0.15) is 24.1 Å². The molecule has 2 nitrogen and oxygen atoms in total. The van der Waals surface area contributed by atoms with E-state index in [9.17, 15) is 0 Å². The zero-order valence-corrected chi connectivity index (χ0v) is 11.1. The Hall–Kier alpha value is -1.35. The summed E-state index contributed by atoms with van der Waals surface area (Å²) >= 11 is 5.88. The van der Waals surface area contributed by atoms with Crippen molar-refractivity contribution in [2.75, 3.05) is 0 Å². The highest BCUT2D eigenvalue weighted by Gasteiger charge is 2.30. The van der Waals surface area contributed by atoms with Crippen molar-refractivity contribution in [3.63, 3.8) is 0 Å². The normalized spacial score (nSPS) is 16.0. The second-order valence-corrected chi connectivity index (χ2v) is 5.11. The van der Waals surface area contributed by atoms with Gasteiger partial charge in [0.05, 0.1) is 11.6 Å². The fraction of sp³-hybridized carbons (Fsp3) is 0.200. The molecule has 0 aliphatic rings. The van der Waals surface area contributed by atoms with Gasteiger partial charge in [-0.1, -0.05) is 54.1 Å². The third kappa shape index (κ3) is 2.56. The Morgan fingerprint density at radius 1 is 1.00 bits per heavy atom. The summed E-state index contributed by atoms with van der Waals surface area (Å²) in [7, 11) is 0. The molecule has 0 fully saturated rings. The molecule has 0 aliphatic heterocycles. The highest BCUT2D eigenvalue weighted by molar-refractivity contribution is 6.30. The van der Waals surface area contributed by atoms with Gasteiger partial charge >= 0.3 is 0 Å². The van der Waals surface area contributed by atoms with E-state index in [2.05, 4.69) is 0 Å². The van der Waals surface area contributed by atoms with E-state index < -0.39 is 5.54 Å². The van der Waals surface area contributed by atoms with E-state index >= 15 is 0 Å². The van der Waals surface area contributed by atoms with Gasteiger partial charge in [-0.2, -0.15) is 0 Å². The van der Waals surface area contributed by atoms with E-state index in [1.54, 1.807) is 0 Å². The van der Waals surface area contributed by atoms with Crippen LogP contribution >= 0.6 is 11.6 Å². The molecule has 2 aromatic carbocycles. The molecule has 0 aliphatic carbocycles. The highest BCUT2D eigenvalue weighted by Crippen LogP contribution is 2.30. The summed E-state index contributed by atoms with van der Waals surface area (Å²) in [5, 5.41) is 0.699. The average molecular weight is 261 g/mol. The lowest BCUT2D eigenvalue weighted by atomic mass is 9.82. The van der Waals surface area contributed by atoms with Crippen LogP contribution in [0.4, 0.5) is 0 Å². The number of halogens is 1. The summed E-state index contributed by atoms with van der Waals surface area (Å²) in [5.74, 6) is 0. The molecule has 2 rings (SSSR count). The number of benzene rings is 2. The molecule has 0 saturated heterocycles. The van der Waals surface area contributed by atoms with Crippen LogP contribution in [0.2, 0.25) is 5.02 Å². The molecule has 18 heavy (non-hydrogen) atoms. The summed E-state index contributed by atoms with van der Waals surface area (Å²) in [6.45, 7) is 1.95. The van der Waals surface area contributed by atoms with Crippen LogP contribution in [0.5, 0.6) is 0 Å². The van der Waals surface area contributed by atoms with Gasteiger partial charge in [0, 0.05) is 5.02 Å². The maximum atomic E-state index is 6.39. The predicted octanol–water partition coefficient (Wildman–Crippen LogP) is 3.21. The van der Waals surface area contributed by atoms with Crippen molar-refractivity contribution >= 4 is 11.6 Å². The Kier molecular flexibility index (Phi) is 3.71. The molecule has 0 radical (unpaired) electrons. The third-order valence-corrected chi connectivity index (χ3v) is 3.52. The number of rotatable bonds is 3. The molecular formula is C15H17ClN2. The standard InChI is InChI=1S/C15H17ClN2/c1-15(18,12-5-3-2-4-6-12)14(17)11-7-9-13(16)10-8-11/h2-10,14H,17-18H2,1H3/t14-,15+/m1/s1. The second kappa shape index (κ2) is 5.11. The topological polar surface area (TPSA) is 52.0 Å². The first-order chi connectivity index (χ1) is 8.51. The van der Waals surface area contributed by atoms with Crippen molar-refractivity contribution in [3.05, 3.63) is 70.7 Å². The SMILES string of the molecule is C[C@](N)(c1ccccc1)[C@H](N)c1ccc(Cl)cc1. The first-order valence-corrected chi connectivity index (χ1v) is 6.25. The molecule has 4 N–H and O–H groups in total. The monoisotopic (exact) mass is 260 g/mol. The van der Waals surface area contributed by atoms with Crippen molar-refractivity contribution in [2.24, 2.45) is 11.5 Å². The number of hydrogen-bond acceptors (Lipinski definition) is 2. The van der Waals surface area contributed by atoms with Gasteiger partial charge in [0.15, 0.2) is 0 Å². The Morgan fingerprint density at radius 3 is 2.11 bits per heavy atom. The molecule has 0 heterocycles. The zero-order chi connectivity index (χ0) is 13.2. The smallest absolute Gasteiger partial charge is 0.0576 e. The van der Waals surface area contributed by atoms with Crippen molar-refractivity contribution in [3.8, 4) is 0 Å². The molecule has 0 amide bonds. The summed E-state index contributed by atoms with van der Waals surface area (Å²) in [4.78, 5) is 0. The van der Waals surface area contributed by atoms with Crippen LogP contribution in [0.3, 0.4) is 0 Å². The van der Waals surface area contributed by atoms with Crippen molar-refractivity contribution in [1.82, 2.24) is 0 Å². The van der Waals surface area contributed by atoms with E-state index in [-0.39, 0.29) is 6.04 Å². The molecule has 0 bridgehead atoms. The van der Waals surface area contributed by atoms with Crippen molar-refractivity contribution < 1.29 is 0 Å². The Bertz CT molecular complexity index is 506. The van der Waals surface area contributed by atoms with Crippen LogP contribution in [0.25, 0.3) is 0 Å². The molecule has 2 atom stereocenters. The second-order valence-electron chi connectivity index (χ2n) is 4.68. The molecular weight excluding hydrogens is 244 g/mol. The van der Waals surface area contributed by atoms with E-state index in [1.165, 1.54) is 0 Å². The fourth-order valence-corrected chi connectivity index (χ4v) is 2.12. The molecule has 0 spiro atoms. The van der Waals surface area contributed by atoms with Crippen LogP contribution in [0.15, 0.2) is 54.6 Å². The van der Waals surface area contributed by atoms with E-state index in [1.807, 2.05) is 61.5 Å². The highest BCUT2D eigenvalue weighted by atomic mass is 35.5. The lowest BCUT2D eigenvalue weighted by Crippen LogP contribution is -2.44. The Morgan fingerprint density at radius 2 is 1.56 bits per heavy atom. The van der Waals surface area contributed by atoms with Gasteiger partial charge in [-0.3, -0.25) is 0 Å². The van der Waals surface area contributed by atoms with E-state index in [4.69, 9.17) is 23.1 Å². The van der Waals surface area contributed by atoms with Gasteiger partial charge in [-0.15, -0.1) is 0 Å². The number of nitrogens with two attached hydrogens (primary N) is 2. The first-order valence-electron chi connectivity index (χ1n) is 5.87. The largest absolute Gasteiger partial charge is 0.322 e. The zero-order valence-electron chi connectivity index (χ0n) is 10.3. The van der Waals surface area contributed by atoms with Crippen molar-refractivity contribution in [1.29, 1.82) is 0 Å². The maximum Gasteiger partial charge on any atom is 0.0576 e. The first kappa shape index (κ1) is 13.1. The molecule has 0 aromatic heterocycles. The number of hydrogen-bond donors (Lipinski definition) is 2. The minimum Gasteiger partial charge on any atom is -0.322 e. The molecule has 0 unspecified atom stereocenters. The lowest BCUT2D eigenvalue weighted by molar-refractivity contribution is 0.397. The maximum absolute atomic E-state index is 6.39. The summed E-state index contributed by atoms with van der Waals surface area (Å²) in [6.07, 6.45) is 0. The summed E-state index contributed by atoms with van der Waals surface area (Å²) < 4.78 is 0. The van der Waals surface area contributed by atoms with Gasteiger partial charge in [-0.25, -0.2) is 0 Å². The van der Waals surface area contributed by atoms with Gasteiger partial charge in [0.2, 0.25) is 0 Å². The summed E-state index contributed by atoms with van der Waals surface area (Å²) in [5.41, 5.74) is 14.1. The third-order valence-electron chi connectivity index (χ3n) is 3.27. The molecule has 94 valence electrons. The van der Waals surface area contributed by atoms with E-state index in [0.29, 0.717) is 5.02 Å². The van der Waals surface area contributed by atoms with Gasteiger partial charge in [-0.05, 0) is 30.2 Å². The average Bonchev–Trinajstić information content (AvgIpc) is 2.40. The van der Waals surface area contributed by atoms with Gasteiger partial charge in [0.25, 0.3) is 0 Å². The Balaban J connectivity index is 2.32. The van der Waals surface area contributed by atoms with Crippen LogP contribution < -0.4 is 11.5 Å². The minimum atomic E-state index is -0.616. The quantitative estimate of drug-likeness (QED) is 0.890. The lowest BCUT2D eigenvalue weighted by Gasteiger charge is -2.32. The van der Waals surface area contributed by atoms with Crippen LogP contribution in [0, 0.1) is 0 Å².